The minimum atomic E-state index is -4.88. The van der Waals surface area contributed by atoms with E-state index in [1.807, 2.05) is 0 Å². The van der Waals surface area contributed by atoms with Crippen LogP contribution in [0.15, 0.2) is 58.5 Å². The second kappa shape index (κ2) is 10.7. The van der Waals surface area contributed by atoms with Gasteiger partial charge in [0.25, 0.3) is 11.1 Å². The van der Waals surface area contributed by atoms with Crippen molar-refractivity contribution in [1.82, 2.24) is 19.3 Å². The lowest BCUT2D eigenvalue weighted by Crippen LogP contribution is -2.31. The molecule has 7 nitrogen and oxygen atoms in total. The van der Waals surface area contributed by atoms with E-state index in [2.05, 4.69) is 15.4 Å². The molecule has 0 radical (unpaired) electrons. The van der Waals surface area contributed by atoms with Crippen LogP contribution in [0.2, 0.25) is 0 Å². The molecule has 0 aliphatic heterocycles. The van der Waals surface area contributed by atoms with Crippen molar-refractivity contribution in [2.75, 3.05) is 5.32 Å². The van der Waals surface area contributed by atoms with Gasteiger partial charge in [-0.3, -0.25) is 14.6 Å². The number of alkyl halides is 6. The largest absolute Gasteiger partial charge is 0.423 e. The predicted octanol–water partition coefficient (Wildman–Crippen LogP) is 5.61. The van der Waals surface area contributed by atoms with Crippen LogP contribution in [0.4, 0.5) is 36.4 Å². The molecule has 0 unspecified atom stereocenters. The number of rotatable bonds is 7. The topological polar surface area (TPSA) is 81.8 Å². The van der Waals surface area contributed by atoms with Crippen molar-refractivity contribution >= 4 is 16.5 Å². The summed E-state index contributed by atoms with van der Waals surface area (Å²) in [5, 5.41) is 6.69. The molecule has 0 fully saturated rings. The van der Waals surface area contributed by atoms with Gasteiger partial charge in [0, 0.05) is 37.6 Å². The fourth-order valence-corrected chi connectivity index (χ4v) is 4.23. The fourth-order valence-electron chi connectivity index (χ4n) is 4.23. The number of benzene rings is 1. The lowest BCUT2D eigenvalue weighted by atomic mass is 10.0. The van der Waals surface area contributed by atoms with Gasteiger partial charge in [-0.2, -0.15) is 31.4 Å². The Bertz CT molecular complexity index is 1660. The Kier molecular flexibility index (Phi) is 7.72. The Labute approximate surface area is 221 Å². The van der Waals surface area contributed by atoms with Crippen LogP contribution in [0.5, 0.6) is 0 Å². The van der Waals surface area contributed by atoms with Crippen LogP contribution in [0.1, 0.15) is 30.9 Å². The molecule has 0 saturated heterocycles. The van der Waals surface area contributed by atoms with Gasteiger partial charge in [-0.05, 0) is 55.5 Å². The first-order valence-corrected chi connectivity index (χ1v) is 11.9. The average Bonchev–Trinajstić information content (AvgIpc) is 2.86. The third-order valence-electron chi connectivity index (χ3n) is 6.29. The first-order valence-electron chi connectivity index (χ1n) is 11.9. The average molecular weight is 569 g/mol. The quantitative estimate of drug-likeness (QED) is 0.293. The van der Waals surface area contributed by atoms with Crippen molar-refractivity contribution in [2.45, 2.75) is 44.7 Å². The van der Waals surface area contributed by atoms with Gasteiger partial charge in [0.15, 0.2) is 0 Å². The number of fused-ring (bicyclic) bond motifs is 1. The number of anilines is 1. The van der Waals surface area contributed by atoms with E-state index in [0.717, 1.165) is 31.4 Å². The number of aromatic nitrogens is 4. The lowest BCUT2D eigenvalue weighted by Gasteiger charge is -2.19. The van der Waals surface area contributed by atoms with E-state index in [-0.39, 0.29) is 23.2 Å². The molecule has 40 heavy (non-hydrogen) atoms. The van der Waals surface area contributed by atoms with E-state index in [9.17, 15) is 40.3 Å². The van der Waals surface area contributed by atoms with Crippen LogP contribution >= 0.6 is 0 Å². The van der Waals surface area contributed by atoms with E-state index in [1.165, 1.54) is 16.8 Å². The zero-order chi connectivity index (χ0) is 29.4. The summed E-state index contributed by atoms with van der Waals surface area (Å²) in [6.07, 6.45) is -5.79. The molecule has 0 aliphatic rings. The fraction of sp³-hybridized carbons (Fsp3) is 0.308. The smallest absolute Gasteiger partial charge is 0.381 e. The van der Waals surface area contributed by atoms with Crippen LogP contribution < -0.4 is 16.4 Å². The van der Waals surface area contributed by atoms with Gasteiger partial charge in [-0.15, -0.1) is 0 Å². The van der Waals surface area contributed by atoms with Gasteiger partial charge in [-0.25, -0.2) is 9.07 Å². The summed E-state index contributed by atoms with van der Waals surface area (Å²) in [5.74, 6) is -0.837. The van der Waals surface area contributed by atoms with Crippen LogP contribution in [-0.4, -0.2) is 25.4 Å². The Morgan fingerprint density at radius 1 is 0.975 bits per heavy atom. The molecular formula is C26H22F7N5O2. The highest BCUT2D eigenvalue weighted by Crippen LogP contribution is 2.33. The third kappa shape index (κ3) is 6.00. The molecule has 212 valence electrons. The minimum Gasteiger partial charge on any atom is -0.381 e. The first kappa shape index (κ1) is 28.8. The maximum atomic E-state index is 14.9. The molecule has 3 aromatic heterocycles. The summed E-state index contributed by atoms with van der Waals surface area (Å²) < 4.78 is 95.4. The second-order valence-electron chi connectivity index (χ2n) is 9.21. The molecule has 0 saturated carbocycles. The number of hydrogen-bond donors (Lipinski definition) is 1. The molecule has 1 atom stereocenters. The maximum absolute atomic E-state index is 14.9. The molecule has 3 heterocycles. The van der Waals surface area contributed by atoms with Crippen LogP contribution in [0, 0.1) is 5.82 Å². The lowest BCUT2D eigenvalue weighted by molar-refractivity contribution is -0.139. The Hall–Kier alpha value is -4.23. The molecule has 4 rings (SSSR count). The number of halogens is 7. The van der Waals surface area contributed by atoms with Gasteiger partial charge in [0.1, 0.15) is 11.4 Å². The van der Waals surface area contributed by atoms with Crippen LogP contribution in [0.25, 0.3) is 22.0 Å². The van der Waals surface area contributed by atoms with Crippen molar-refractivity contribution in [3.8, 4) is 11.3 Å². The molecular weight excluding hydrogens is 547 g/mol. The molecule has 1 aromatic carbocycles. The van der Waals surface area contributed by atoms with Gasteiger partial charge in [0.05, 0.1) is 28.5 Å². The number of nitrogens with zero attached hydrogens (tertiary/aromatic N) is 4. The zero-order valence-corrected chi connectivity index (χ0v) is 21.1. The van der Waals surface area contributed by atoms with Crippen molar-refractivity contribution < 1.29 is 30.7 Å². The van der Waals surface area contributed by atoms with E-state index >= 15 is 0 Å². The molecule has 1 N–H and O–H groups in total. The molecule has 4 aromatic rings. The second-order valence-corrected chi connectivity index (χ2v) is 9.21. The summed E-state index contributed by atoms with van der Waals surface area (Å²) >= 11 is 0. The van der Waals surface area contributed by atoms with Gasteiger partial charge < -0.3 is 9.88 Å². The maximum Gasteiger partial charge on any atom is 0.423 e. The molecule has 0 amide bonds. The summed E-state index contributed by atoms with van der Waals surface area (Å²) in [7, 11) is 1.12. The van der Waals surface area contributed by atoms with E-state index in [4.69, 9.17) is 0 Å². The molecule has 0 bridgehead atoms. The summed E-state index contributed by atoms with van der Waals surface area (Å²) in [4.78, 5) is 28.6. The summed E-state index contributed by atoms with van der Waals surface area (Å²) in [6.45, 7) is 1.79. The summed E-state index contributed by atoms with van der Waals surface area (Å²) in [6, 6.07) is 5.19. The van der Waals surface area contributed by atoms with Gasteiger partial charge >= 0.3 is 12.4 Å². The van der Waals surface area contributed by atoms with Crippen LogP contribution in [0.3, 0.4) is 0 Å². The molecule has 14 heteroatoms. The third-order valence-corrected chi connectivity index (χ3v) is 6.29. The highest BCUT2D eigenvalue weighted by atomic mass is 19.4. The van der Waals surface area contributed by atoms with E-state index in [1.54, 1.807) is 13.0 Å². The molecule has 0 spiro atoms. The summed E-state index contributed by atoms with van der Waals surface area (Å²) in [5.41, 5.74) is -4.67. The van der Waals surface area contributed by atoms with Gasteiger partial charge in [0.2, 0.25) is 0 Å². The number of nitrogens with one attached hydrogen (secondary N) is 1. The van der Waals surface area contributed by atoms with E-state index in [0.29, 0.717) is 29.1 Å². The first-order chi connectivity index (χ1) is 18.7. The van der Waals surface area contributed by atoms with Gasteiger partial charge in [-0.1, -0.05) is 0 Å². The van der Waals surface area contributed by atoms with Crippen molar-refractivity contribution in [1.29, 1.82) is 0 Å². The zero-order valence-electron chi connectivity index (χ0n) is 21.1. The van der Waals surface area contributed by atoms with Crippen molar-refractivity contribution in [2.24, 2.45) is 7.05 Å². The molecule has 0 aliphatic carbocycles. The van der Waals surface area contributed by atoms with Crippen molar-refractivity contribution in [3.63, 3.8) is 0 Å². The standard InChI is InChI=1S/C26H22F7N5O2/c1-14(36-21-13-35-37(2)24(40)22(21)26(31,32)33)4-3-8-38-9-7-15-10-18(19(27)11-17(15)23(38)39)20-6-5-16(12-34-20)25(28,29)30/h5-7,9-14,36H,3-4,8H2,1-2H3/t14-/m0/s1. The van der Waals surface area contributed by atoms with Crippen LogP contribution in [-0.2, 0) is 25.9 Å². The Balaban J connectivity index is 1.48. The predicted molar refractivity (Wildman–Crippen MR) is 133 cm³/mol. The SMILES string of the molecule is C[C@@H](CCCn1ccc2cc(-c3ccc(C(F)(F)F)cn3)c(F)cc2c1=O)Nc1cnn(C)c(=O)c1C(F)(F)F. The number of hydrogen-bond acceptors (Lipinski definition) is 5. The van der Waals surface area contributed by atoms with E-state index < -0.39 is 52.1 Å². The Morgan fingerprint density at radius 3 is 2.33 bits per heavy atom. The number of pyridine rings is 2. The van der Waals surface area contributed by atoms with Crippen molar-refractivity contribution in [3.05, 3.63) is 86.6 Å². The Morgan fingerprint density at radius 2 is 1.70 bits per heavy atom. The highest BCUT2D eigenvalue weighted by Gasteiger charge is 2.38. The minimum absolute atomic E-state index is 0.0294. The monoisotopic (exact) mass is 569 g/mol. The number of aryl methyl sites for hydroxylation is 2. The highest BCUT2D eigenvalue weighted by molar-refractivity contribution is 5.86. The normalized spacial score (nSPS) is 13.0.